The Labute approximate surface area is 130 Å². The van der Waals surface area contributed by atoms with E-state index < -0.39 is 30.6 Å². The Bertz CT molecular complexity index is 475. The van der Waals surface area contributed by atoms with Crippen molar-refractivity contribution in [1.82, 2.24) is 5.32 Å². The lowest BCUT2D eigenvalue weighted by Crippen LogP contribution is -2.45. The predicted molar refractivity (Wildman–Crippen MR) is 81.3 cm³/mol. The summed E-state index contributed by atoms with van der Waals surface area (Å²) in [6.45, 7) is 3.98. The largest absolute Gasteiger partial charge is 0.481 e. The van der Waals surface area contributed by atoms with E-state index in [0.29, 0.717) is 6.42 Å². The average molecular weight is 309 g/mol. The number of benzene rings is 1. The molecule has 122 valence electrons. The average Bonchev–Trinajstić information content (AvgIpc) is 2.44. The fraction of sp³-hybridized carbons (Fsp3) is 0.500. The molecule has 0 saturated heterocycles. The Kier molecular flexibility index (Phi) is 7.39. The van der Waals surface area contributed by atoms with Gasteiger partial charge in [-0.1, -0.05) is 44.2 Å². The molecule has 22 heavy (non-hydrogen) atoms. The van der Waals surface area contributed by atoms with Crippen molar-refractivity contribution in [2.24, 2.45) is 5.92 Å². The molecular formula is C16H23NO5. The van der Waals surface area contributed by atoms with Crippen molar-refractivity contribution in [1.29, 1.82) is 0 Å². The number of ether oxygens (including phenoxy) is 1. The zero-order valence-corrected chi connectivity index (χ0v) is 12.9. The minimum atomic E-state index is -1.15. The van der Waals surface area contributed by atoms with Gasteiger partial charge in [0.2, 0.25) is 0 Å². The van der Waals surface area contributed by atoms with Crippen LogP contribution in [0.25, 0.3) is 0 Å². The van der Waals surface area contributed by atoms with Gasteiger partial charge in [-0.25, -0.2) is 4.79 Å². The van der Waals surface area contributed by atoms with E-state index in [-0.39, 0.29) is 12.5 Å². The molecule has 3 N–H and O–H groups in total. The first kappa shape index (κ1) is 18.0. The first-order chi connectivity index (χ1) is 10.4. The fourth-order valence-electron chi connectivity index (χ4n) is 2.06. The topological polar surface area (TPSA) is 95.9 Å². The number of carboxylic acids is 1. The van der Waals surface area contributed by atoms with Gasteiger partial charge in [-0.05, 0) is 17.9 Å². The van der Waals surface area contributed by atoms with E-state index >= 15 is 0 Å². The third kappa shape index (κ3) is 7.08. The van der Waals surface area contributed by atoms with E-state index in [4.69, 9.17) is 9.84 Å². The molecule has 0 unspecified atom stereocenters. The van der Waals surface area contributed by atoms with Gasteiger partial charge in [0.1, 0.15) is 6.61 Å². The maximum Gasteiger partial charge on any atom is 0.407 e. The second kappa shape index (κ2) is 9.04. The molecule has 1 aromatic rings. The first-order valence-electron chi connectivity index (χ1n) is 7.25. The van der Waals surface area contributed by atoms with Crippen LogP contribution < -0.4 is 5.32 Å². The van der Waals surface area contributed by atoms with Crippen molar-refractivity contribution in [3.63, 3.8) is 0 Å². The third-order valence-electron chi connectivity index (χ3n) is 3.09. The Hall–Kier alpha value is -2.08. The number of alkyl carbamates (subject to hydrolysis) is 1. The van der Waals surface area contributed by atoms with Crippen LogP contribution in [0.4, 0.5) is 4.79 Å². The smallest absolute Gasteiger partial charge is 0.407 e. The van der Waals surface area contributed by atoms with Crippen LogP contribution in [0.1, 0.15) is 32.3 Å². The molecule has 1 aromatic carbocycles. The van der Waals surface area contributed by atoms with Gasteiger partial charge in [-0.15, -0.1) is 0 Å². The Morgan fingerprint density at radius 3 is 2.41 bits per heavy atom. The summed E-state index contributed by atoms with van der Waals surface area (Å²) in [5.41, 5.74) is 0.851. The molecule has 1 amide bonds. The monoisotopic (exact) mass is 309 g/mol. The van der Waals surface area contributed by atoms with E-state index in [1.54, 1.807) is 0 Å². The van der Waals surface area contributed by atoms with E-state index in [1.165, 1.54) is 0 Å². The van der Waals surface area contributed by atoms with E-state index in [9.17, 15) is 14.7 Å². The summed E-state index contributed by atoms with van der Waals surface area (Å²) in [6, 6.07) is 8.56. The predicted octanol–water partition coefficient (Wildman–Crippen LogP) is 2.16. The van der Waals surface area contributed by atoms with Gasteiger partial charge in [0, 0.05) is 0 Å². The SMILES string of the molecule is CC(C)C[C@H](NC(=O)OCc1ccccc1)[C@@H](O)CC(=O)O. The van der Waals surface area contributed by atoms with Crippen LogP contribution in [0.3, 0.4) is 0 Å². The number of carbonyl (C=O) groups is 2. The summed E-state index contributed by atoms with van der Waals surface area (Å²) in [5.74, 6) is -0.913. The molecule has 0 spiro atoms. The van der Waals surface area contributed by atoms with E-state index in [1.807, 2.05) is 44.2 Å². The summed E-state index contributed by atoms with van der Waals surface area (Å²) < 4.78 is 5.09. The van der Waals surface area contributed by atoms with Gasteiger partial charge in [0.05, 0.1) is 18.6 Å². The molecular weight excluding hydrogens is 286 g/mol. The van der Waals surface area contributed by atoms with Gasteiger partial charge in [0.15, 0.2) is 0 Å². The van der Waals surface area contributed by atoms with Crippen molar-refractivity contribution in [3.8, 4) is 0 Å². The van der Waals surface area contributed by atoms with Crippen LogP contribution in [0.5, 0.6) is 0 Å². The van der Waals surface area contributed by atoms with Crippen LogP contribution in [0, 0.1) is 5.92 Å². The molecule has 0 fully saturated rings. The third-order valence-corrected chi connectivity index (χ3v) is 3.09. The van der Waals surface area contributed by atoms with Crippen LogP contribution in [-0.2, 0) is 16.1 Å². The summed E-state index contributed by atoms with van der Waals surface area (Å²) in [5, 5.41) is 21.2. The normalized spacial score (nSPS) is 13.5. The minimum Gasteiger partial charge on any atom is -0.481 e. The molecule has 2 atom stereocenters. The molecule has 6 heteroatoms. The summed E-state index contributed by atoms with van der Waals surface area (Å²) in [7, 11) is 0. The lowest BCUT2D eigenvalue weighted by atomic mass is 9.97. The Balaban J connectivity index is 2.52. The molecule has 0 aromatic heterocycles. The molecule has 0 saturated carbocycles. The highest BCUT2D eigenvalue weighted by atomic mass is 16.5. The number of aliphatic carboxylic acids is 1. The number of nitrogens with one attached hydrogen (secondary N) is 1. The van der Waals surface area contributed by atoms with Gasteiger partial charge in [-0.3, -0.25) is 4.79 Å². The molecule has 0 aliphatic heterocycles. The molecule has 0 bridgehead atoms. The number of hydrogen-bond donors (Lipinski definition) is 3. The highest BCUT2D eigenvalue weighted by Crippen LogP contribution is 2.11. The second-order valence-corrected chi connectivity index (χ2v) is 5.61. The zero-order valence-electron chi connectivity index (χ0n) is 12.9. The van der Waals surface area contributed by atoms with Crippen LogP contribution in [0.2, 0.25) is 0 Å². The van der Waals surface area contributed by atoms with Gasteiger partial charge in [0.25, 0.3) is 0 Å². The van der Waals surface area contributed by atoms with Crippen molar-refractivity contribution in [2.45, 2.75) is 45.4 Å². The quantitative estimate of drug-likeness (QED) is 0.684. The molecule has 1 rings (SSSR count). The van der Waals surface area contributed by atoms with Crippen LogP contribution >= 0.6 is 0 Å². The number of aliphatic hydroxyl groups is 1. The number of carboxylic acid groups (broad SMARTS) is 1. The Morgan fingerprint density at radius 2 is 1.86 bits per heavy atom. The van der Waals surface area contributed by atoms with Crippen LogP contribution in [-0.4, -0.2) is 34.4 Å². The molecule has 0 aliphatic rings. The highest BCUT2D eigenvalue weighted by Gasteiger charge is 2.25. The Morgan fingerprint density at radius 1 is 1.23 bits per heavy atom. The van der Waals surface area contributed by atoms with Gasteiger partial charge >= 0.3 is 12.1 Å². The van der Waals surface area contributed by atoms with Gasteiger partial charge < -0.3 is 20.3 Å². The lowest BCUT2D eigenvalue weighted by Gasteiger charge is -2.24. The second-order valence-electron chi connectivity index (χ2n) is 5.61. The van der Waals surface area contributed by atoms with E-state index in [2.05, 4.69) is 5.32 Å². The van der Waals surface area contributed by atoms with Crippen molar-refractivity contribution >= 4 is 12.1 Å². The lowest BCUT2D eigenvalue weighted by molar-refractivity contribution is -0.139. The number of aliphatic hydroxyl groups excluding tert-OH is 1. The summed E-state index contributed by atoms with van der Waals surface area (Å²) in [4.78, 5) is 22.5. The maximum atomic E-state index is 11.8. The highest BCUT2D eigenvalue weighted by molar-refractivity contribution is 5.69. The number of amides is 1. The number of carbonyl (C=O) groups excluding carboxylic acids is 1. The zero-order chi connectivity index (χ0) is 16.5. The van der Waals surface area contributed by atoms with Gasteiger partial charge in [-0.2, -0.15) is 0 Å². The maximum absolute atomic E-state index is 11.8. The molecule has 0 aliphatic carbocycles. The molecule has 0 radical (unpaired) electrons. The molecule has 6 nitrogen and oxygen atoms in total. The minimum absolute atomic E-state index is 0.121. The van der Waals surface area contributed by atoms with Crippen molar-refractivity contribution < 1.29 is 24.5 Å². The van der Waals surface area contributed by atoms with Crippen molar-refractivity contribution in [2.75, 3.05) is 0 Å². The number of hydrogen-bond acceptors (Lipinski definition) is 4. The number of rotatable bonds is 8. The van der Waals surface area contributed by atoms with E-state index in [0.717, 1.165) is 5.56 Å². The van der Waals surface area contributed by atoms with Crippen LogP contribution in [0.15, 0.2) is 30.3 Å². The first-order valence-corrected chi connectivity index (χ1v) is 7.25. The summed E-state index contributed by atoms with van der Waals surface area (Å²) >= 11 is 0. The fourth-order valence-corrected chi connectivity index (χ4v) is 2.06. The standard InChI is InChI=1S/C16H23NO5/c1-11(2)8-13(14(18)9-15(19)20)17-16(21)22-10-12-6-4-3-5-7-12/h3-7,11,13-14,18H,8-10H2,1-2H3,(H,17,21)(H,19,20)/t13-,14-/m0/s1. The van der Waals surface area contributed by atoms with Crippen molar-refractivity contribution in [3.05, 3.63) is 35.9 Å². The molecule has 0 heterocycles. The summed E-state index contributed by atoms with van der Waals surface area (Å²) in [6.07, 6.45) is -1.77.